The minimum Gasteiger partial charge on any atom is -0.309 e. The maximum absolute atomic E-state index is 11.1. The first-order valence-corrected chi connectivity index (χ1v) is 49.2. The summed E-state index contributed by atoms with van der Waals surface area (Å²) in [6.45, 7) is 55.8. The second-order valence-corrected chi connectivity index (χ2v) is 47.0. The summed E-state index contributed by atoms with van der Waals surface area (Å²) in [4.78, 5) is 0. The molecule has 0 bridgehead atoms. The van der Waals surface area contributed by atoms with Crippen molar-refractivity contribution in [1.29, 1.82) is 10.5 Å². The van der Waals surface area contributed by atoms with E-state index in [4.69, 9.17) is 0 Å². The molecule has 6 aromatic heterocycles. The van der Waals surface area contributed by atoms with Crippen LogP contribution in [-0.2, 0) is 43.3 Å². The molecule has 0 N–H and O–H groups in total. The van der Waals surface area contributed by atoms with Crippen molar-refractivity contribution in [3.8, 4) is 68.5 Å². The molecule has 684 valence electrons. The third kappa shape index (κ3) is 14.8. The monoisotopic (exact) mass is 1800 g/mol. The van der Waals surface area contributed by atoms with Gasteiger partial charge in [-0.15, -0.1) is 0 Å². The third-order valence-electron chi connectivity index (χ3n) is 29.3. The SMILES string of the molecule is CC(C)(C)c1cc(-n2c3ccccc3c3c2ccc2c4ccc5c(c6ccccc6n5-c5ccc(-c6ccccc6)c(C#N)c5)c4n(-c4cc(C(C)(C)C)cc(C(C)(C)C)c4)c23)cc(C(C)(C)C)c1.CC(C)(C)c1cc(-n2c3ccccc3c3c2ccc2c4ccc5c(c6ccccc6n5-c5cccc(-c6ccccc6)c5C#N)c4n(-c4cc(C(C)(C)C)cc(C(C)(C)C)c4)c23)cc(C(C)(C)C)c1. The van der Waals surface area contributed by atoms with Crippen LogP contribution in [0.5, 0.6) is 0 Å². The van der Waals surface area contributed by atoms with Gasteiger partial charge in [0, 0.05) is 98.6 Å². The highest BCUT2D eigenvalue weighted by molar-refractivity contribution is 6.34. The summed E-state index contributed by atoms with van der Waals surface area (Å²) in [5, 5.41) is 36.1. The van der Waals surface area contributed by atoms with Gasteiger partial charge in [-0.1, -0.05) is 366 Å². The molecular formula is C130H124N8. The molecule has 0 aliphatic heterocycles. The van der Waals surface area contributed by atoms with Crippen LogP contribution in [0.2, 0.25) is 0 Å². The van der Waals surface area contributed by atoms with E-state index in [2.05, 4.69) is 485 Å². The second kappa shape index (κ2) is 32.0. The Labute approximate surface area is 812 Å². The fourth-order valence-electron chi connectivity index (χ4n) is 21.6. The van der Waals surface area contributed by atoms with Gasteiger partial charge < -0.3 is 27.4 Å². The maximum Gasteiger partial charge on any atom is 0.102 e. The van der Waals surface area contributed by atoms with Crippen LogP contribution in [0, 0.1) is 22.7 Å². The number of hydrogen-bond acceptors (Lipinski definition) is 2. The van der Waals surface area contributed by atoms with Crippen LogP contribution in [0.3, 0.4) is 0 Å². The fraction of sp³-hybridized carbons (Fsp3) is 0.246. The first-order valence-electron chi connectivity index (χ1n) is 49.2. The van der Waals surface area contributed by atoms with Gasteiger partial charge in [-0.3, -0.25) is 0 Å². The van der Waals surface area contributed by atoms with Gasteiger partial charge in [-0.05, 0) is 220 Å². The summed E-state index contributed by atoms with van der Waals surface area (Å²) in [7, 11) is 0. The van der Waals surface area contributed by atoms with Crippen molar-refractivity contribution in [3.63, 3.8) is 0 Å². The summed E-state index contributed by atoms with van der Waals surface area (Å²) in [5.41, 5.74) is 35.5. The molecule has 0 atom stereocenters. The van der Waals surface area contributed by atoms with Crippen LogP contribution >= 0.6 is 0 Å². The van der Waals surface area contributed by atoms with Crippen molar-refractivity contribution in [2.75, 3.05) is 0 Å². The Hall–Kier alpha value is -14.7. The van der Waals surface area contributed by atoms with Gasteiger partial charge in [0.2, 0.25) is 0 Å². The van der Waals surface area contributed by atoms with Gasteiger partial charge in [0.15, 0.2) is 0 Å². The summed E-state index contributed by atoms with van der Waals surface area (Å²) < 4.78 is 15.0. The Kier molecular flexibility index (Phi) is 20.8. The molecule has 22 rings (SSSR count). The van der Waals surface area contributed by atoms with Crippen LogP contribution in [-0.4, -0.2) is 27.4 Å². The standard InChI is InChI=1S/2C65H62N4/c1-62(2,3)41-33-42(63(4,5)6)36-45(35-41)67-53-26-18-16-23-50(53)58-56(67)31-29-48-49-30-32-57-59(61(49)68(60(48)58)46-37-43(64(7,8)9)34-44(38-46)65(10,11)12)51-24-17-19-27-54(51)69(57)55-28-20-25-47(52(55)39-66)40-21-14-13-15-22-40;1-62(2,3)42-33-43(63(4,5)6)36-47(35-42)68-55-25-19-17-23-53(55)59-57(68)31-29-51-50-28-30-56-58(60(50)69(61(51)59)48-37-44(64(7,8)9)34-45(38-48)65(10,11)12)52-22-16-18-24-54(52)67(56)46-26-27-49(41(32-46)39-66)40-20-14-13-15-21-40/h2*13-38H,1-12H3. The van der Waals surface area contributed by atoms with Crippen LogP contribution in [0.15, 0.2) is 315 Å². The van der Waals surface area contributed by atoms with Crippen LogP contribution in [0.4, 0.5) is 0 Å². The number of aromatic nitrogens is 6. The van der Waals surface area contributed by atoms with Crippen LogP contribution < -0.4 is 0 Å². The molecule has 0 spiro atoms. The van der Waals surface area contributed by atoms with Crippen molar-refractivity contribution in [2.45, 2.75) is 209 Å². The van der Waals surface area contributed by atoms with E-state index >= 15 is 0 Å². The molecule has 8 heteroatoms. The normalized spacial score (nSPS) is 12.9. The number of fused-ring (bicyclic) bond motifs is 22. The lowest BCUT2D eigenvalue weighted by Gasteiger charge is -2.27. The summed E-state index contributed by atoms with van der Waals surface area (Å²) in [6, 6.07) is 122. The fourth-order valence-corrected chi connectivity index (χ4v) is 21.6. The van der Waals surface area contributed by atoms with Crippen molar-refractivity contribution in [2.24, 2.45) is 0 Å². The molecule has 0 unspecified atom stereocenters. The van der Waals surface area contributed by atoms with E-state index < -0.39 is 0 Å². The quantitative estimate of drug-likeness (QED) is 0.152. The van der Waals surface area contributed by atoms with Gasteiger partial charge >= 0.3 is 0 Å². The van der Waals surface area contributed by atoms with E-state index in [-0.39, 0.29) is 43.3 Å². The van der Waals surface area contributed by atoms with E-state index in [1.165, 1.54) is 148 Å². The van der Waals surface area contributed by atoms with Gasteiger partial charge in [0.05, 0.1) is 89.1 Å². The molecular weight excluding hydrogens is 1670 g/mol. The predicted molar refractivity (Wildman–Crippen MR) is 589 cm³/mol. The molecule has 0 amide bonds. The Morgan fingerprint density at radius 1 is 0.188 bits per heavy atom. The molecule has 0 saturated heterocycles. The Morgan fingerprint density at radius 2 is 0.449 bits per heavy atom. The molecule has 0 aliphatic rings. The number of benzene rings is 16. The summed E-state index contributed by atoms with van der Waals surface area (Å²) in [5.74, 6) is 0. The number of nitriles is 2. The lowest BCUT2D eigenvalue weighted by atomic mass is 9.80. The van der Waals surface area contributed by atoms with Crippen molar-refractivity contribution in [1.82, 2.24) is 27.4 Å². The molecule has 8 nitrogen and oxygen atoms in total. The summed E-state index contributed by atoms with van der Waals surface area (Å²) in [6.07, 6.45) is 0. The lowest BCUT2D eigenvalue weighted by Crippen LogP contribution is -2.17. The first kappa shape index (κ1) is 89.8. The molecule has 0 aliphatic carbocycles. The largest absolute Gasteiger partial charge is 0.309 e. The Balaban J connectivity index is 0.000000164. The number of para-hydroxylation sites is 4. The van der Waals surface area contributed by atoms with E-state index in [1.54, 1.807) is 0 Å². The zero-order chi connectivity index (χ0) is 97.1. The van der Waals surface area contributed by atoms with E-state index in [0.717, 1.165) is 83.4 Å². The zero-order valence-electron chi connectivity index (χ0n) is 84.6. The average Bonchev–Trinajstić information content (AvgIpc) is 1.52. The number of nitrogens with zero attached hydrogens (tertiary/aromatic N) is 8. The zero-order valence-corrected chi connectivity index (χ0v) is 84.6. The second-order valence-electron chi connectivity index (χ2n) is 47.0. The van der Waals surface area contributed by atoms with Crippen molar-refractivity contribution >= 4 is 131 Å². The number of hydrogen-bond donors (Lipinski definition) is 0. The molecule has 16 aromatic carbocycles. The van der Waals surface area contributed by atoms with Crippen molar-refractivity contribution in [3.05, 3.63) is 371 Å². The minimum atomic E-state index is -0.105. The van der Waals surface area contributed by atoms with Crippen LogP contribution in [0.1, 0.15) is 222 Å². The topological polar surface area (TPSA) is 77.2 Å². The van der Waals surface area contributed by atoms with Crippen LogP contribution in [0.25, 0.3) is 187 Å². The molecule has 6 heterocycles. The van der Waals surface area contributed by atoms with E-state index in [0.29, 0.717) is 11.1 Å². The first-order chi connectivity index (χ1) is 65.5. The molecule has 0 fully saturated rings. The smallest absolute Gasteiger partial charge is 0.102 e. The Morgan fingerprint density at radius 3 is 0.739 bits per heavy atom. The molecule has 0 saturated carbocycles. The third-order valence-corrected chi connectivity index (χ3v) is 29.3. The molecule has 0 radical (unpaired) electrons. The lowest BCUT2D eigenvalue weighted by molar-refractivity contribution is 0.567. The number of rotatable bonds is 8. The average molecular weight is 1800 g/mol. The van der Waals surface area contributed by atoms with Crippen molar-refractivity contribution < 1.29 is 0 Å². The van der Waals surface area contributed by atoms with Gasteiger partial charge in [-0.2, -0.15) is 10.5 Å². The molecule has 138 heavy (non-hydrogen) atoms. The van der Waals surface area contributed by atoms with E-state index in [1.807, 2.05) is 36.4 Å². The highest BCUT2D eigenvalue weighted by Crippen LogP contribution is 2.53. The highest BCUT2D eigenvalue weighted by Gasteiger charge is 2.34. The molecule has 22 aromatic rings. The maximum atomic E-state index is 11.1. The van der Waals surface area contributed by atoms with Gasteiger partial charge in [0.25, 0.3) is 0 Å². The highest BCUT2D eigenvalue weighted by atomic mass is 15.1. The van der Waals surface area contributed by atoms with E-state index in [9.17, 15) is 10.5 Å². The van der Waals surface area contributed by atoms with Gasteiger partial charge in [-0.25, -0.2) is 0 Å². The Bertz CT molecular complexity index is 8760. The van der Waals surface area contributed by atoms with Gasteiger partial charge in [0.1, 0.15) is 6.07 Å². The summed E-state index contributed by atoms with van der Waals surface area (Å²) >= 11 is 0. The predicted octanol–water partition coefficient (Wildman–Crippen LogP) is 35.4. The minimum absolute atomic E-state index is 0.0397.